The molecule has 1 N–H and O–H groups in total. The Morgan fingerprint density at radius 2 is 1.95 bits per heavy atom. The Kier molecular flexibility index (Phi) is 3.77. The van der Waals surface area contributed by atoms with Crippen molar-refractivity contribution in [2.75, 3.05) is 51.1 Å². The van der Waals surface area contributed by atoms with Crippen molar-refractivity contribution < 1.29 is 9.28 Å². The van der Waals surface area contributed by atoms with Crippen LogP contribution >= 0.6 is 22.6 Å². The summed E-state index contributed by atoms with van der Waals surface area (Å²) in [5, 5.41) is 3.03. The lowest BCUT2D eigenvalue weighted by atomic mass is 10.1. The van der Waals surface area contributed by atoms with E-state index < -0.39 is 0 Å². The second-order valence-corrected chi connectivity index (χ2v) is 6.82. The fourth-order valence-electron chi connectivity index (χ4n) is 3.04. The summed E-state index contributed by atoms with van der Waals surface area (Å²) < 4.78 is 2.13. The van der Waals surface area contributed by atoms with Crippen molar-refractivity contribution in [3.05, 3.63) is 27.8 Å². The number of nitrogens with zero attached hydrogens (tertiary/aromatic N) is 2. The number of rotatable bonds is 3. The zero-order valence-electron chi connectivity index (χ0n) is 10.9. The van der Waals surface area contributed by atoms with Crippen molar-refractivity contribution >= 4 is 34.2 Å². The number of halogens is 1. The second-order valence-electron chi connectivity index (χ2n) is 5.57. The van der Waals surface area contributed by atoms with E-state index in [1.54, 1.807) is 0 Å². The average molecular weight is 372 g/mol. The van der Waals surface area contributed by atoms with E-state index in [1.165, 1.54) is 0 Å². The standard InChI is InChI=1S/C14H18IN3O/c15-12-2-1-3-13(10-12)16-14(19)11-18-7-4-17(5-8-18)6-9-18/h1-3,10H,4-9,11H2/p+1. The van der Waals surface area contributed by atoms with Crippen molar-refractivity contribution in [2.24, 2.45) is 0 Å². The highest BCUT2D eigenvalue weighted by Crippen LogP contribution is 2.19. The Bertz CT molecular complexity index is 470. The Labute approximate surface area is 127 Å². The van der Waals surface area contributed by atoms with Gasteiger partial charge < -0.3 is 9.80 Å². The lowest BCUT2D eigenvalue weighted by Gasteiger charge is -2.50. The van der Waals surface area contributed by atoms with E-state index in [0.29, 0.717) is 6.54 Å². The lowest BCUT2D eigenvalue weighted by Crippen LogP contribution is -2.68. The SMILES string of the molecule is O=C(C[N+]12CCN(CC1)CC2)Nc1cccc(I)c1. The van der Waals surface area contributed by atoms with E-state index in [2.05, 4.69) is 32.8 Å². The first-order chi connectivity index (χ1) is 9.15. The molecule has 0 spiro atoms. The van der Waals surface area contributed by atoms with Crippen LogP contribution in [-0.4, -0.2) is 61.1 Å². The van der Waals surface area contributed by atoms with Crippen LogP contribution in [0.2, 0.25) is 0 Å². The van der Waals surface area contributed by atoms with E-state index in [1.807, 2.05) is 24.3 Å². The average Bonchev–Trinajstić information content (AvgIpc) is 2.40. The van der Waals surface area contributed by atoms with Crippen LogP contribution in [0.3, 0.4) is 0 Å². The number of anilines is 1. The van der Waals surface area contributed by atoms with Gasteiger partial charge in [0.2, 0.25) is 0 Å². The van der Waals surface area contributed by atoms with Crippen molar-refractivity contribution in [2.45, 2.75) is 0 Å². The lowest BCUT2D eigenvalue weighted by molar-refractivity contribution is -0.933. The van der Waals surface area contributed by atoms with Gasteiger partial charge in [0.1, 0.15) is 0 Å². The first-order valence-corrected chi connectivity index (χ1v) is 7.86. The smallest absolute Gasteiger partial charge is 0.279 e. The molecule has 19 heavy (non-hydrogen) atoms. The molecule has 3 aliphatic rings. The van der Waals surface area contributed by atoms with Crippen LogP contribution in [0.25, 0.3) is 0 Å². The molecular weight excluding hydrogens is 353 g/mol. The Hall–Kier alpha value is -0.660. The van der Waals surface area contributed by atoms with Crippen molar-refractivity contribution in [3.8, 4) is 0 Å². The summed E-state index contributed by atoms with van der Waals surface area (Å²) in [6.07, 6.45) is 0. The van der Waals surface area contributed by atoms with Crippen molar-refractivity contribution in [1.29, 1.82) is 0 Å². The fraction of sp³-hybridized carbons (Fsp3) is 0.500. The molecule has 0 saturated carbocycles. The van der Waals surface area contributed by atoms with Crippen LogP contribution < -0.4 is 5.32 Å². The number of carbonyl (C=O) groups excluding carboxylic acids is 1. The molecule has 0 aliphatic carbocycles. The molecule has 102 valence electrons. The minimum atomic E-state index is 0.150. The number of piperazine rings is 3. The predicted molar refractivity (Wildman–Crippen MR) is 84.0 cm³/mol. The molecule has 3 heterocycles. The summed E-state index contributed by atoms with van der Waals surface area (Å²) in [6.45, 7) is 7.45. The molecule has 3 saturated heterocycles. The van der Waals surface area contributed by atoms with E-state index in [0.717, 1.165) is 53.0 Å². The normalized spacial score (nSPS) is 29.2. The molecule has 0 aromatic heterocycles. The quantitative estimate of drug-likeness (QED) is 0.642. The minimum absolute atomic E-state index is 0.150. The zero-order chi connectivity index (χ0) is 13.3. The molecule has 0 unspecified atom stereocenters. The van der Waals surface area contributed by atoms with Crippen LogP contribution in [0, 0.1) is 3.57 Å². The van der Waals surface area contributed by atoms with Gasteiger partial charge in [0.15, 0.2) is 6.54 Å². The summed E-state index contributed by atoms with van der Waals surface area (Å²) in [6, 6.07) is 7.96. The highest BCUT2D eigenvalue weighted by molar-refractivity contribution is 14.1. The third-order valence-electron chi connectivity index (χ3n) is 4.26. The largest absolute Gasteiger partial charge is 0.321 e. The summed E-state index contributed by atoms with van der Waals surface area (Å²) in [7, 11) is 0. The van der Waals surface area contributed by atoms with E-state index in [-0.39, 0.29) is 5.91 Å². The second kappa shape index (κ2) is 5.38. The number of hydrogen-bond donors (Lipinski definition) is 1. The minimum Gasteiger partial charge on any atom is -0.321 e. The van der Waals surface area contributed by atoms with Gasteiger partial charge in [-0.05, 0) is 40.8 Å². The van der Waals surface area contributed by atoms with Gasteiger partial charge in [-0.25, -0.2) is 0 Å². The molecule has 4 nitrogen and oxygen atoms in total. The van der Waals surface area contributed by atoms with Gasteiger partial charge in [-0.3, -0.25) is 9.69 Å². The van der Waals surface area contributed by atoms with Gasteiger partial charge in [-0.15, -0.1) is 0 Å². The first kappa shape index (κ1) is 13.3. The number of nitrogens with one attached hydrogen (secondary N) is 1. The zero-order valence-corrected chi connectivity index (χ0v) is 13.1. The summed E-state index contributed by atoms with van der Waals surface area (Å²) >= 11 is 2.26. The topological polar surface area (TPSA) is 32.3 Å². The maximum absolute atomic E-state index is 12.2. The highest BCUT2D eigenvalue weighted by atomic mass is 127. The molecule has 0 radical (unpaired) electrons. The summed E-state index contributed by atoms with van der Waals surface area (Å²) in [5.41, 5.74) is 0.908. The number of amides is 1. The van der Waals surface area contributed by atoms with Crippen LogP contribution in [0.4, 0.5) is 5.69 Å². The first-order valence-electron chi connectivity index (χ1n) is 6.78. The van der Waals surface area contributed by atoms with Crippen LogP contribution in [0.5, 0.6) is 0 Å². The molecule has 3 aliphatic heterocycles. The summed E-state index contributed by atoms with van der Waals surface area (Å²) in [5.74, 6) is 0.150. The van der Waals surface area contributed by atoms with Crippen LogP contribution in [0.1, 0.15) is 0 Å². The molecular formula is C14H19IN3O+. The molecule has 2 bridgehead atoms. The fourth-order valence-corrected chi connectivity index (χ4v) is 3.58. The number of carbonyl (C=O) groups is 1. The molecule has 4 rings (SSSR count). The molecule has 1 aromatic carbocycles. The van der Waals surface area contributed by atoms with Gasteiger partial charge in [0.05, 0.1) is 19.6 Å². The number of fused-ring (bicyclic) bond motifs is 3. The van der Waals surface area contributed by atoms with E-state index >= 15 is 0 Å². The van der Waals surface area contributed by atoms with Crippen LogP contribution in [-0.2, 0) is 4.79 Å². The highest BCUT2D eigenvalue weighted by Gasteiger charge is 2.39. The summed E-state index contributed by atoms with van der Waals surface area (Å²) in [4.78, 5) is 14.7. The molecule has 0 atom stereocenters. The molecule has 5 heteroatoms. The van der Waals surface area contributed by atoms with Gasteiger partial charge in [-0.1, -0.05) is 6.07 Å². The maximum atomic E-state index is 12.2. The van der Waals surface area contributed by atoms with E-state index in [9.17, 15) is 4.79 Å². The van der Waals surface area contributed by atoms with Crippen LogP contribution in [0.15, 0.2) is 24.3 Å². The Morgan fingerprint density at radius 1 is 1.26 bits per heavy atom. The monoisotopic (exact) mass is 372 g/mol. The van der Waals surface area contributed by atoms with Crippen molar-refractivity contribution in [1.82, 2.24) is 4.90 Å². The molecule has 3 fully saturated rings. The van der Waals surface area contributed by atoms with E-state index in [4.69, 9.17) is 0 Å². The molecule has 1 aromatic rings. The van der Waals surface area contributed by atoms with Gasteiger partial charge in [0.25, 0.3) is 5.91 Å². The Balaban J connectivity index is 1.62. The van der Waals surface area contributed by atoms with Gasteiger partial charge in [0, 0.05) is 28.9 Å². The molecule has 1 amide bonds. The number of benzene rings is 1. The Morgan fingerprint density at radius 3 is 2.58 bits per heavy atom. The third-order valence-corrected chi connectivity index (χ3v) is 4.93. The van der Waals surface area contributed by atoms with Gasteiger partial charge >= 0.3 is 0 Å². The maximum Gasteiger partial charge on any atom is 0.279 e. The van der Waals surface area contributed by atoms with Crippen molar-refractivity contribution in [3.63, 3.8) is 0 Å². The van der Waals surface area contributed by atoms with Gasteiger partial charge in [-0.2, -0.15) is 0 Å². The predicted octanol–water partition coefficient (Wildman–Crippen LogP) is 1.38. The number of hydrogen-bond acceptors (Lipinski definition) is 2. The third kappa shape index (κ3) is 3.09. The number of quaternary nitrogens is 1.